The minimum absolute atomic E-state index is 0.377. The monoisotopic (exact) mass is 287 g/mol. The van der Waals surface area contributed by atoms with Crippen LogP contribution in [0.3, 0.4) is 0 Å². The minimum Gasteiger partial charge on any atom is -0.465 e. The molecule has 4 fully saturated rings. The second-order valence-corrected chi connectivity index (χ2v) is 8.99. The fourth-order valence-electron chi connectivity index (χ4n) is 6.63. The molecule has 21 heavy (non-hydrogen) atoms. The van der Waals surface area contributed by atoms with E-state index in [0.29, 0.717) is 16.4 Å². The van der Waals surface area contributed by atoms with Crippen molar-refractivity contribution in [3.05, 3.63) is 23.7 Å². The van der Waals surface area contributed by atoms with Crippen LogP contribution in [-0.4, -0.2) is 5.54 Å². The van der Waals surface area contributed by atoms with Crippen LogP contribution in [0.15, 0.2) is 16.5 Å². The van der Waals surface area contributed by atoms with Gasteiger partial charge in [-0.05, 0) is 67.4 Å². The van der Waals surface area contributed by atoms with Crippen molar-refractivity contribution < 1.29 is 4.42 Å². The smallest absolute Gasteiger partial charge is 0.117 e. The first-order chi connectivity index (χ1) is 9.92. The van der Waals surface area contributed by atoms with Gasteiger partial charge in [0.25, 0.3) is 0 Å². The van der Waals surface area contributed by atoms with E-state index in [1.165, 1.54) is 38.5 Å². The summed E-state index contributed by atoms with van der Waals surface area (Å²) < 4.78 is 5.88. The van der Waals surface area contributed by atoms with Crippen LogP contribution in [0.5, 0.6) is 0 Å². The molecule has 1 aromatic rings. The normalized spacial score (nSPS) is 44.4. The molecule has 0 amide bonds. The summed E-state index contributed by atoms with van der Waals surface area (Å²) in [6.07, 6.45) is 9.49. The Balaban J connectivity index is 1.51. The van der Waals surface area contributed by atoms with Gasteiger partial charge in [-0.25, -0.2) is 0 Å². The minimum atomic E-state index is 0.377. The molecule has 2 atom stereocenters. The lowest BCUT2D eigenvalue weighted by atomic mass is 9.43. The Labute approximate surface area is 128 Å². The van der Waals surface area contributed by atoms with Crippen LogP contribution in [0, 0.1) is 16.7 Å². The first-order valence-electron chi connectivity index (χ1n) is 8.74. The molecule has 0 spiro atoms. The van der Waals surface area contributed by atoms with Crippen LogP contribution in [0.2, 0.25) is 0 Å². The van der Waals surface area contributed by atoms with E-state index in [2.05, 4.69) is 38.2 Å². The van der Waals surface area contributed by atoms with Crippen molar-refractivity contribution in [2.45, 2.75) is 77.8 Å². The van der Waals surface area contributed by atoms with Gasteiger partial charge in [0.2, 0.25) is 0 Å². The third-order valence-corrected chi connectivity index (χ3v) is 6.33. The van der Waals surface area contributed by atoms with E-state index in [4.69, 9.17) is 4.42 Å². The van der Waals surface area contributed by atoms with E-state index in [1.54, 1.807) is 0 Å². The molecule has 2 unspecified atom stereocenters. The number of hydrogen-bond donors (Lipinski definition) is 1. The van der Waals surface area contributed by atoms with Crippen molar-refractivity contribution in [3.8, 4) is 0 Å². The Morgan fingerprint density at radius 2 is 1.71 bits per heavy atom. The number of hydrogen-bond acceptors (Lipinski definition) is 2. The summed E-state index contributed by atoms with van der Waals surface area (Å²) in [4.78, 5) is 0. The zero-order chi connectivity index (χ0) is 14.7. The maximum Gasteiger partial charge on any atom is 0.117 e. The molecule has 4 aliphatic carbocycles. The van der Waals surface area contributed by atoms with E-state index >= 15 is 0 Å². The van der Waals surface area contributed by atoms with Gasteiger partial charge in [-0.1, -0.05) is 20.8 Å². The second-order valence-electron chi connectivity index (χ2n) is 8.99. The second kappa shape index (κ2) is 4.38. The summed E-state index contributed by atoms with van der Waals surface area (Å²) in [6, 6.07) is 4.27. The van der Waals surface area contributed by atoms with Gasteiger partial charge in [-0.15, -0.1) is 0 Å². The van der Waals surface area contributed by atoms with E-state index in [0.717, 1.165) is 30.4 Å². The molecule has 4 aliphatic rings. The SMILES string of the molecule is CCc1ccc(CNC23CC4CC(C)(CC(C)(C4)C2)C3)o1. The lowest BCUT2D eigenvalue weighted by Gasteiger charge is -2.65. The summed E-state index contributed by atoms with van der Waals surface area (Å²) in [6.45, 7) is 8.12. The quantitative estimate of drug-likeness (QED) is 0.869. The van der Waals surface area contributed by atoms with Crippen molar-refractivity contribution in [2.75, 3.05) is 0 Å². The Hall–Kier alpha value is -0.760. The molecule has 0 radical (unpaired) electrons. The van der Waals surface area contributed by atoms with E-state index in [-0.39, 0.29) is 0 Å². The zero-order valence-corrected chi connectivity index (χ0v) is 13.8. The van der Waals surface area contributed by atoms with Gasteiger partial charge < -0.3 is 9.73 Å². The van der Waals surface area contributed by atoms with Gasteiger partial charge in [0.05, 0.1) is 6.54 Å². The highest BCUT2D eigenvalue weighted by Crippen LogP contribution is 2.66. The average molecular weight is 287 g/mol. The van der Waals surface area contributed by atoms with Crippen molar-refractivity contribution >= 4 is 0 Å². The van der Waals surface area contributed by atoms with Gasteiger partial charge in [0.1, 0.15) is 11.5 Å². The third kappa shape index (κ3) is 2.36. The lowest BCUT2D eigenvalue weighted by Crippen LogP contribution is -2.63. The van der Waals surface area contributed by atoms with Gasteiger partial charge in [0.15, 0.2) is 0 Å². The fraction of sp³-hybridized carbons (Fsp3) is 0.789. The van der Waals surface area contributed by atoms with Crippen molar-refractivity contribution in [1.82, 2.24) is 5.32 Å². The van der Waals surface area contributed by atoms with Crippen molar-refractivity contribution in [1.29, 1.82) is 0 Å². The average Bonchev–Trinajstić information content (AvgIpc) is 2.80. The van der Waals surface area contributed by atoms with Gasteiger partial charge >= 0.3 is 0 Å². The maximum atomic E-state index is 5.88. The highest BCUT2D eigenvalue weighted by atomic mass is 16.3. The molecule has 4 bridgehead atoms. The molecular formula is C19H29NO. The number of furan rings is 1. The van der Waals surface area contributed by atoms with E-state index in [9.17, 15) is 0 Å². The number of aryl methyl sites for hydroxylation is 1. The predicted molar refractivity (Wildman–Crippen MR) is 85.1 cm³/mol. The molecule has 0 aromatic carbocycles. The summed E-state index contributed by atoms with van der Waals surface area (Å²) >= 11 is 0. The van der Waals surface area contributed by atoms with Crippen LogP contribution in [-0.2, 0) is 13.0 Å². The molecule has 2 heteroatoms. The first-order valence-corrected chi connectivity index (χ1v) is 8.74. The van der Waals surface area contributed by atoms with Crippen molar-refractivity contribution in [3.63, 3.8) is 0 Å². The summed E-state index contributed by atoms with van der Waals surface area (Å²) in [5, 5.41) is 3.94. The molecule has 1 heterocycles. The first kappa shape index (κ1) is 13.9. The molecule has 1 N–H and O–H groups in total. The van der Waals surface area contributed by atoms with E-state index < -0.39 is 0 Å². The van der Waals surface area contributed by atoms with Gasteiger partial charge in [-0.2, -0.15) is 0 Å². The summed E-state index contributed by atoms with van der Waals surface area (Å²) in [7, 11) is 0. The summed E-state index contributed by atoms with van der Waals surface area (Å²) in [5.74, 6) is 3.17. The largest absolute Gasteiger partial charge is 0.465 e. The topological polar surface area (TPSA) is 25.2 Å². The van der Waals surface area contributed by atoms with Crippen LogP contribution >= 0.6 is 0 Å². The van der Waals surface area contributed by atoms with Crippen LogP contribution in [0.1, 0.15) is 70.8 Å². The molecule has 4 saturated carbocycles. The Morgan fingerprint density at radius 1 is 1.05 bits per heavy atom. The van der Waals surface area contributed by atoms with Crippen molar-refractivity contribution in [2.24, 2.45) is 16.7 Å². The molecule has 116 valence electrons. The predicted octanol–water partition coefficient (Wildman–Crippen LogP) is 4.68. The highest BCUT2D eigenvalue weighted by Gasteiger charge is 2.59. The molecule has 0 aliphatic heterocycles. The Morgan fingerprint density at radius 3 is 2.29 bits per heavy atom. The standard InChI is InChI=1S/C19H29NO/c1-4-15-5-6-16(21-15)10-20-19-9-14-7-17(2,12-19)11-18(3,8-14)13-19/h5-6,14,20H,4,7-13H2,1-3H3. The van der Waals surface area contributed by atoms with Crippen LogP contribution in [0.25, 0.3) is 0 Å². The number of nitrogens with one attached hydrogen (secondary N) is 1. The lowest BCUT2D eigenvalue weighted by molar-refractivity contribution is -0.118. The molecule has 0 saturated heterocycles. The fourth-order valence-corrected chi connectivity index (χ4v) is 6.63. The van der Waals surface area contributed by atoms with Gasteiger partial charge in [-0.3, -0.25) is 0 Å². The zero-order valence-electron chi connectivity index (χ0n) is 13.8. The Bertz CT molecular complexity index is 528. The van der Waals surface area contributed by atoms with Crippen LogP contribution in [0.4, 0.5) is 0 Å². The number of rotatable bonds is 4. The summed E-state index contributed by atoms with van der Waals surface area (Å²) in [5.41, 5.74) is 1.54. The third-order valence-electron chi connectivity index (χ3n) is 6.33. The highest BCUT2D eigenvalue weighted by molar-refractivity contribution is 5.15. The van der Waals surface area contributed by atoms with Gasteiger partial charge in [0, 0.05) is 12.0 Å². The van der Waals surface area contributed by atoms with Crippen LogP contribution < -0.4 is 5.32 Å². The maximum absolute atomic E-state index is 5.88. The Kier molecular flexibility index (Phi) is 2.89. The molecule has 5 rings (SSSR count). The molecule has 1 aromatic heterocycles. The molecule has 2 nitrogen and oxygen atoms in total. The molecular weight excluding hydrogens is 258 g/mol. The van der Waals surface area contributed by atoms with E-state index in [1.807, 2.05) is 0 Å².